The van der Waals surface area contributed by atoms with Crippen molar-refractivity contribution in [2.45, 2.75) is 27.7 Å². The van der Waals surface area contributed by atoms with Crippen molar-refractivity contribution in [1.82, 2.24) is 10.6 Å². The zero-order valence-electron chi connectivity index (χ0n) is 9.38. The highest BCUT2D eigenvalue weighted by molar-refractivity contribution is 6.19. The van der Waals surface area contributed by atoms with Crippen LogP contribution in [0.25, 0.3) is 0 Å². The van der Waals surface area contributed by atoms with Gasteiger partial charge in [0.25, 0.3) is 0 Å². The van der Waals surface area contributed by atoms with Crippen molar-refractivity contribution in [3.05, 3.63) is 0 Å². The van der Waals surface area contributed by atoms with E-state index in [4.69, 9.17) is 0 Å². The summed E-state index contributed by atoms with van der Waals surface area (Å²) in [5.41, 5.74) is -1.14. The van der Waals surface area contributed by atoms with Crippen LogP contribution in [0.1, 0.15) is 27.7 Å². The Hall–Kier alpha value is -1.39. The first kappa shape index (κ1) is 11.7. The molecule has 1 saturated heterocycles. The van der Waals surface area contributed by atoms with E-state index in [1.807, 2.05) is 0 Å². The van der Waals surface area contributed by atoms with Crippen LogP contribution in [0.4, 0.5) is 4.79 Å². The highest BCUT2D eigenvalue weighted by atomic mass is 16.2. The molecule has 1 rings (SSSR count). The van der Waals surface area contributed by atoms with Crippen molar-refractivity contribution in [3.63, 3.8) is 0 Å². The summed E-state index contributed by atoms with van der Waals surface area (Å²) in [5, 5.41) is 4.31. The summed E-state index contributed by atoms with van der Waals surface area (Å²) in [6.45, 7) is 7.20. The van der Waals surface area contributed by atoms with Gasteiger partial charge < -0.3 is 0 Å². The smallest absolute Gasteiger partial charge is 0.277 e. The molecule has 0 bridgehead atoms. The number of amides is 4. The zero-order valence-corrected chi connectivity index (χ0v) is 9.38. The summed E-state index contributed by atoms with van der Waals surface area (Å²) in [5.74, 6) is -1.32. The summed E-state index contributed by atoms with van der Waals surface area (Å²) in [7, 11) is 0. The molecule has 1 heterocycles. The van der Waals surface area contributed by atoms with Gasteiger partial charge in [-0.05, 0) is 11.8 Å². The van der Waals surface area contributed by atoms with Crippen LogP contribution in [-0.4, -0.2) is 17.8 Å². The average Bonchev–Trinajstić information content (AvgIpc) is 2.00. The first-order valence-corrected chi connectivity index (χ1v) is 5.00. The fraction of sp³-hybridized carbons (Fsp3) is 0.700. The maximum atomic E-state index is 11.8. The Morgan fingerprint density at radius 2 is 1.20 bits per heavy atom. The first-order valence-electron chi connectivity index (χ1n) is 5.00. The normalized spacial score (nSPS) is 20.5. The number of hydrogen-bond donors (Lipinski definition) is 2. The molecule has 0 aromatic heterocycles. The Balaban J connectivity index is 3.21. The molecule has 0 aromatic carbocycles. The summed E-state index contributed by atoms with van der Waals surface area (Å²) < 4.78 is 0. The minimum Gasteiger partial charge on any atom is -0.277 e. The largest absolute Gasteiger partial charge is 0.328 e. The van der Waals surface area contributed by atoms with Gasteiger partial charge in [0.2, 0.25) is 11.8 Å². The summed E-state index contributed by atoms with van der Waals surface area (Å²) in [6, 6.07) is -0.734. The van der Waals surface area contributed by atoms with Crippen molar-refractivity contribution in [2.75, 3.05) is 0 Å². The third kappa shape index (κ3) is 1.52. The molecule has 0 unspecified atom stereocenters. The SMILES string of the molecule is CC(C)C1(C(C)C)C(=O)NC(=O)NC1=O. The predicted molar refractivity (Wildman–Crippen MR) is 53.8 cm³/mol. The summed E-state index contributed by atoms with van der Waals surface area (Å²) in [6.07, 6.45) is 0. The number of rotatable bonds is 2. The Labute approximate surface area is 88.6 Å². The number of hydrogen-bond acceptors (Lipinski definition) is 3. The topological polar surface area (TPSA) is 75.3 Å². The standard InChI is InChI=1S/C10H16N2O3/c1-5(2)10(6(3)4)7(13)11-9(15)12-8(10)14/h5-6H,1-4H3,(H2,11,12,13,14,15). The molecule has 2 N–H and O–H groups in total. The Morgan fingerprint density at radius 3 is 1.47 bits per heavy atom. The van der Waals surface area contributed by atoms with Gasteiger partial charge in [0, 0.05) is 0 Å². The second-order valence-corrected chi connectivity index (χ2v) is 4.42. The molecule has 0 saturated carbocycles. The second-order valence-electron chi connectivity index (χ2n) is 4.42. The lowest BCUT2D eigenvalue weighted by Gasteiger charge is -2.40. The number of nitrogens with one attached hydrogen (secondary N) is 2. The molecule has 5 heteroatoms. The van der Waals surface area contributed by atoms with Gasteiger partial charge in [-0.25, -0.2) is 4.79 Å². The van der Waals surface area contributed by atoms with Crippen LogP contribution < -0.4 is 10.6 Å². The van der Waals surface area contributed by atoms with E-state index in [-0.39, 0.29) is 11.8 Å². The molecular weight excluding hydrogens is 196 g/mol. The molecule has 1 aliphatic rings. The van der Waals surface area contributed by atoms with Crippen LogP contribution in [0.5, 0.6) is 0 Å². The lowest BCUT2D eigenvalue weighted by atomic mass is 9.66. The average molecular weight is 212 g/mol. The lowest BCUT2D eigenvalue weighted by molar-refractivity contribution is -0.151. The quantitative estimate of drug-likeness (QED) is 0.660. The lowest BCUT2D eigenvalue weighted by Crippen LogP contribution is -2.66. The number of carbonyl (C=O) groups excluding carboxylic acids is 3. The monoisotopic (exact) mass is 212 g/mol. The molecule has 0 aliphatic carbocycles. The van der Waals surface area contributed by atoms with E-state index in [0.29, 0.717) is 0 Å². The van der Waals surface area contributed by atoms with Crippen LogP contribution in [-0.2, 0) is 9.59 Å². The minimum absolute atomic E-state index is 0.161. The number of barbiturate groups is 1. The highest BCUT2D eigenvalue weighted by Gasteiger charge is 2.54. The zero-order chi connectivity index (χ0) is 11.8. The van der Waals surface area contributed by atoms with Crippen LogP contribution in [0.15, 0.2) is 0 Å². The first-order chi connectivity index (χ1) is 6.83. The van der Waals surface area contributed by atoms with Gasteiger partial charge in [-0.3, -0.25) is 20.2 Å². The molecule has 5 nitrogen and oxygen atoms in total. The minimum atomic E-state index is -1.14. The van der Waals surface area contributed by atoms with E-state index >= 15 is 0 Å². The molecule has 0 radical (unpaired) electrons. The maximum absolute atomic E-state index is 11.8. The van der Waals surface area contributed by atoms with E-state index in [1.165, 1.54) is 0 Å². The van der Waals surface area contributed by atoms with E-state index in [1.54, 1.807) is 27.7 Å². The fourth-order valence-corrected chi connectivity index (χ4v) is 2.26. The summed E-state index contributed by atoms with van der Waals surface area (Å²) >= 11 is 0. The molecule has 1 fully saturated rings. The molecule has 4 amide bonds. The van der Waals surface area contributed by atoms with Crippen molar-refractivity contribution in [1.29, 1.82) is 0 Å². The molecule has 1 aliphatic heterocycles. The Kier molecular flexibility index (Phi) is 2.83. The summed E-state index contributed by atoms with van der Waals surface area (Å²) in [4.78, 5) is 34.6. The van der Waals surface area contributed by atoms with Crippen LogP contribution in [0, 0.1) is 17.3 Å². The second kappa shape index (κ2) is 3.64. The Morgan fingerprint density at radius 1 is 0.867 bits per heavy atom. The van der Waals surface area contributed by atoms with Crippen LogP contribution in [0.2, 0.25) is 0 Å². The molecule has 84 valence electrons. The van der Waals surface area contributed by atoms with E-state index in [2.05, 4.69) is 10.6 Å². The van der Waals surface area contributed by atoms with Gasteiger partial charge in [0.1, 0.15) is 5.41 Å². The third-order valence-corrected chi connectivity index (χ3v) is 3.03. The van der Waals surface area contributed by atoms with Crippen molar-refractivity contribution in [3.8, 4) is 0 Å². The third-order valence-electron chi connectivity index (χ3n) is 3.03. The fourth-order valence-electron chi connectivity index (χ4n) is 2.26. The van der Waals surface area contributed by atoms with Crippen molar-refractivity contribution >= 4 is 17.8 Å². The Bertz CT molecular complexity index is 291. The van der Waals surface area contributed by atoms with Gasteiger partial charge in [0.05, 0.1) is 0 Å². The molecule has 0 spiro atoms. The van der Waals surface area contributed by atoms with Gasteiger partial charge in [-0.1, -0.05) is 27.7 Å². The number of carbonyl (C=O) groups is 3. The highest BCUT2D eigenvalue weighted by Crippen LogP contribution is 2.37. The molecule has 0 atom stereocenters. The molecule has 0 aromatic rings. The van der Waals surface area contributed by atoms with Gasteiger partial charge >= 0.3 is 6.03 Å². The number of urea groups is 1. The van der Waals surface area contributed by atoms with Gasteiger partial charge in [-0.2, -0.15) is 0 Å². The van der Waals surface area contributed by atoms with Crippen LogP contribution >= 0.6 is 0 Å². The van der Waals surface area contributed by atoms with Gasteiger partial charge in [0.15, 0.2) is 0 Å². The van der Waals surface area contributed by atoms with Crippen LogP contribution in [0.3, 0.4) is 0 Å². The van der Waals surface area contributed by atoms with E-state index < -0.39 is 23.3 Å². The molecule has 15 heavy (non-hydrogen) atoms. The number of imide groups is 2. The van der Waals surface area contributed by atoms with Gasteiger partial charge in [-0.15, -0.1) is 0 Å². The van der Waals surface area contributed by atoms with E-state index in [9.17, 15) is 14.4 Å². The maximum Gasteiger partial charge on any atom is 0.328 e. The molecular formula is C10H16N2O3. The van der Waals surface area contributed by atoms with Crippen molar-refractivity contribution in [2.24, 2.45) is 17.3 Å². The van der Waals surface area contributed by atoms with E-state index in [0.717, 1.165) is 0 Å². The predicted octanol–water partition coefficient (Wildman–Crippen LogP) is 0.651. The van der Waals surface area contributed by atoms with Crippen molar-refractivity contribution < 1.29 is 14.4 Å².